The van der Waals surface area contributed by atoms with E-state index in [1.807, 2.05) is 37.3 Å². The van der Waals surface area contributed by atoms with Crippen LogP contribution in [0.15, 0.2) is 72.8 Å². The van der Waals surface area contributed by atoms with Crippen molar-refractivity contribution in [1.82, 2.24) is 0 Å². The van der Waals surface area contributed by atoms with Crippen molar-refractivity contribution in [1.29, 1.82) is 0 Å². The minimum Gasteiger partial charge on any atom is -0.322 e. The molecule has 0 radical (unpaired) electrons. The predicted octanol–water partition coefficient (Wildman–Crippen LogP) is 5.15. The molecular formula is C21H17ClN2O2. The van der Waals surface area contributed by atoms with Gasteiger partial charge in [0, 0.05) is 16.3 Å². The Morgan fingerprint density at radius 3 is 2.19 bits per heavy atom. The van der Waals surface area contributed by atoms with Gasteiger partial charge in [0.15, 0.2) is 0 Å². The average Bonchev–Trinajstić information content (AvgIpc) is 2.65. The van der Waals surface area contributed by atoms with Gasteiger partial charge in [0.05, 0.1) is 11.3 Å². The maximum absolute atomic E-state index is 12.7. The number of nitrogens with one attached hydrogen (secondary N) is 2. The molecule has 2 amide bonds. The summed E-state index contributed by atoms with van der Waals surface area (Å²) in [7, 11) is 0. The third-order valence-electron chi connectivity index (χ3n) is 3.82. The van der Waals surface area contributed by atoms with Gasteiger partial charge < -0.3 is 10.6 Å². The highest BCUT2D eigenvalue weighted by atomic mass is 35.5. The Bertz CT molecular complexity index is 938. The van der Waals surface area contributed by atoms with Crippen LogP contribution in [-0.2, 0) is 0 Å². The summed E-state index contributed by atoms with van der Waals surface area (Å²) in [6.45, 7) is 1.97. The summed E-state index contributed by atoms with van der Waals surface area (Å²) in [6.07, 6.45) is 0. The van der Waals surface area contributed by atoms with Crippen molar-refractivity contribution in [3.8, 4) is 0 Å². The fourth-order valence-corrected chi connectivity index (χ4v) is 2.60. The normalized spacial score (nSPS) is 10.2. The van der Waals surface area contributed by atoms with E-state index in [1.165, 1.54) is 6.07 Å². The number of carbonyl (C=O) groups is 2. The molecule has 0 heterocycles. The fourth-order valence-electron chi connectivity index (χ4n) is 2.43. The van der Waals surface area contributed by atoms with Gasteiger partial charge in [0.25, 0.3) is 11.8 Å². The maximum atomic E-state index is 12.7. The molecule has 0 bridgehead atoms. The van der Waals surface area contributed by atoms with Crippen molar-refractivity contribution >= 4 is 34.8 Å². The number of halogens is 1. The molecule has 0 unspecified atom stereocenters. The molecule has 0 saturated carbocycles. The van der Waals surface area contributed by atoms with Crippen LogP contribution >= 0.6 is 11.6 Å². The average molecular weight is 365 g/mol. The lowest BCUT2D eigenvalue weighted by atomic mass is 10.1. The van der Waals surface area contributed by atoms with Gasteiger partial charge in [-0.05, 0) is 49.4 Å². The summed E-state index contributed by atoms with van der Waals surface area (Å²) in [6, 6.07) is 21.0. The molecule has 0 aromatic heterocycles. The van der Waals surface area contributed by atoms with E-state index in [4.69, 9.17) is 11.6 Å². The van der Waals surface area contributed by atoms with Gasteiger partial charge in [-0.3, -0.25) is 9.59 Å². The van der Waals surface area contributed by atoms with Crippen molar-refractivity contribution in [3.63, 3.8) is 0 Å². The van der Waals surface area contributed by atoms with E-state index in [1.54, 1.807) is 36.4 Å². The molecule has 3 aromatic rings. The van der Waals surface area contributed by atoms with E-state index in [2.05, 4.69) is 10.6 Å². The van der Waals surface area contributed by atoms with Gasteiger partial charge >= 0.3 is 0 Å². The molecule has 0 saturated heterocycles. The second-order valence-electron chi connectivity index (χ2n) is 5.83. The number of aryl methyl sites for hydroxylation is 1. The molecule has 3 aromatic carbocycles. The monoisotopic (exact) mass is 364 g/mol. The van der Waals surface area contributed by atoms with Gasteiger partial charge in [-0.25, -0.2) is 0 Å². The number of hydrogen-bond acceptors (Lipinski definition) is 2. The molecule has 3 rings (SSSR count). The van der Waals surface area contributed by atoms with E-state index in [-0.39, 0.29) is 11.8 Å². The van der Waals surface area contributed by atoms with Gasteiger partial charge in [-0.1, -0.05) is 47.5 Å². The standard InChI is InChI=1S/C21H17ClN2O2/c1-14-7-10-17(11-8-14)23-21(26)18-13-16(22)9-12-19(18)24-20(25)15-5-3-2-4-6-15/h2-13H,1H3,(H,23,26)(H,24,25). The van der Waals surface area contributed by atoms with E-state index in [0.717, 1.165) is 5.56 Å². The van der Waals surface area contributed by atoms with Crippen LogP contribution in [0.1, 0.15) is 26.3 Å². The highest BCUT2D eigenvalue weighted by molar-refractivity contribution is 6.31. The van der Waals surface area contributed by atoms with Crippen LogP contribution in [0, 0.1) is 6.92 Å². The SMILES string of the molecule is Cc1ccc(NC(=O)c2cc(Cl)ccc2NC(=O)c2ccccc2)cc1. The maximum Gasteiger partial charge on any atom is 0.257 e. The molecule has 0 aliphatic carbocycles. The molecule has 0 atom stereocenters. The summed E-state index contributed by atoms with van der Waals surface area (Å²) in [5.41, 5.74) is 2.96. The van der Waals surface area contributed by atoms with Gasteiger partial charge in [-0.15, -0.1) is 0 Å². The molecule has 130 valence electrons. The molecule has 0 spiro atoms. The first-order valence-electron chi connectivity index (χ1n) is 8.07. The number of benzene rings is 3. The third-order valence-corrected chi connectivity index (χ3v) is 4.05. The van der Waals surface area contributed by atoms with Crippen molar-refractivity contribution in [2.24, 2.45) is 0 Å². The van der Waals surface area contributed by atoms with Crippen LogP contribution in [-0.4, -0.2) is 11.8 Å². The Morgan fingerprint density at radius 1 is 0.808 bits per heavy atom. The van der Waals surface area contributed by atoms with Crippen LogP contribution in [0.4, 0.5) is 11.4 Å². The van der Waals surface area contributed by atoms with Crippen LogP contribution in [0.25, 0.3) is 0 Å². The molecule has 4 nitrogen and oxygen atoms in total. The molecule has 0 fully saturated rings. The number of carbonyl (C=O) groups excluding carboxylic acids is 2. The van der Waals surface area contributed by atoms with Crippen LogP contribution in [0.2, 0.25) is 5.02 Å². The van der Waals surface area contributed by atoms with Crippen LogP contribution in [0.5, 0.6) is 0 Å². The first-order chi connectivity index (χ1) is 12.5. The number of hydrogen-bond donors (Lipinski definition) is 2. The van der Waals surface area contributed by atoms with Crippen LogP contribution < -0.4 is 10.6 Å². The number of amides is 2. The Morgan fingerprint density at radius 2 is 1.50 bits per heavy atom. The zero-order chi connectivity index (χ0) is 18.5. The summed E-state index contributed by atoms with van der Waals surface area (Å²) in [4.78, 5) is 25.1. The summed E-state index contributed by atoms with van der Waals surface area (Å²) >= 11 is 6.05. The smallest absolute Gasteiger partial charge is 0.257 e. The van der Waals surface area contributed by atoms with Crippen LogP contribution in [0.3, 0.4) is 0 Å². The predicted molar refractivity (Wildman–Crippen MR) is 105 cm³/mol. The van der Waals surface area contributed by atoms with E-state index in [9.17, 15) is 9.59 Å². The summed E-state index contributed by atoms with van der Waals surface area (Å²) in [5, 5.41) is 6.00. The Kier molecular flexibility index (Phi) is 5.34. The Balaban J connectivity index is 1.84. The number of rotatable bonds is 4. The number of anilines is 2. The molecule has 2 N–H and O–H groups in total. The van der Waals surface area contributed by atoms with Gasteiger partial charge in [-0.2, -0.15) is 0 Å². The first-order valence-corrected chi connectivity index (χ1v) is 8.45. The minimum absolute atomic E-state index is 0.294. The second kappa shape index (κ2) is 7.85. The summed E-state index contributed by atoms with van der Waals surface area (Å²) < 4.78 is 0. The van der Waals surface area contributed by atoms with E-state index < -0.39 is 0 Å². The summed E-state index contributed by atoms with van der Waals surface area (Å²) in [5.74, 6) is -0.642. The zero-order valence-electron chi connectivity index (χ0n) is 14.1. The highest BCUT2D eigenvalue weighted by Crippen LogP contribution is 2.23. The lowest BCUT2D eigenvalue weighted by Gasteiger charge is -2.12. The van der Waals surface area contributed by atoms with Crippen molar-refractivity contribution in [2.75, 3.05) is 10.6 Å². The van der Waals surface area contributed by atoms with Crippen molar-refractivity contribution in [3.05, 3.63) is 94.5 Å². The Labute approximate surface area is 156 Å². The largest absolute Gasteiger partial charge is 0.322 e. The Hall–Kier alpha value is -3.11. The lowest BCUT2D eigenvalue weighted by Crippen LogP contribution is -2.18. The highest BCUT2D eigenvalue weighted by Gasteiger charge is 2.15. The molecular weight excluding hydrogens is 348 g/mol. The zero-order valence-corrected chi connectivity index (χ0v) is 14.9. The molecule has 5 heteroatoms. The quantitative estimate of drug-likeness (QED) is 0.672. The van der Waals surface area contributed by atoms with Gasteiger partial charge in [0.2, 0.25) is 0 Å². The minimum atomic E-state index is -0.347. The fraction of sp³-hybridized carbons (Fsp3) is 0.0476. The van der Waals surface area contributed by atoms with Gasteiger partial charge in [0.1, 0.15) is 0 Å². The van der Waals surface area contributed by atoms with E-state index in [0.29, 0.717) is 27.5 Å². The first kappa shape index (κ1) is 17.7. The lowest BCUT2D eigenvalue weighted by molar-refractivity contribution is 0.102. The molecule has 0 aliphatic rings. The molecule has 0 aliphatic heterocycles. The van der Waals surface area contributed by atoms with Crippen molar-refractivity contribution in [2.45, 2.75) is 6.92 Å². The van der Waals surface area contributed by atoms with Crippen molar-refractivity contribution < 1.29 is 9.59 Å². The molecule has 26 heavy (non-hydrogen) atoms. The van der Waals surface area contributed by atoms with E-state index >= 15 is 0 Å². The second-order valence-corrected chi connectivity index (χ2v) is 6.27. The third kappa shape index (κ3) is 4.29. The topological polar surface area (TPSA) is 58.2 Å².